The Bertz CT molecular complexity index is 614. The van der Waals surface area contributed by atoms with Crippen LogP contribution in [0, 0.1) is 11.3 Å². The first-order valence-electron chi connectivity index (χ1n) is 6.63. The summed E-state index contributed by atoms with van der Waals surface area (Å²) in [4.78, 5) is 14.8. The van der Waals surface area contributed by atoms with Crippen LogP contribution in [-0.2, 0) is 13.0 Å². The summed E-state index contributed by atoms with van der Waals surface area (Å²) >= 11 is 1.70. The molecule has 0 saturated carbocycles. The van der Waals surface area contributed by atoms with Crippen molar-refractivity contribution < 1.29 is 4.79 Å². The van der Waals surface area contributed by atoms with Gasteiger partial charge < -0.3 is 10.2 Å². The molecule has 110 valence electrons. The fraction of sp³-hybridized carbons (Fsp3) is 0.357. The Morgan fingerprint density at radius 1 is 1.62 bits per heavy atom. The molecule has 2 heterocycles. The molecule has 0 radical (unpaired) electrons. The molecule has 0 unspecified atom stereocenters. The summed E-state index contributed by atoms with van der Waals surface area (Å²) < 4.78 is 1.64. The molecular formula is C14H17N5OS. The van der Waals surface area contributed by atoms with Gasteiger partial charge in [-0.25, -0.2) is 4.79 Å². The number of amides is 2. The van der Waals surface area contributed by atoms with E-state index in [2.05, 4.69) is 16.5 Å². The highest BCUT2D eigenvalue weighted by Crippen LogP contribution is 2.09. The number of hydrogen-bond acceptors (Lipinski definition) is 4. The molecule has 0 aliphatic rings. The fourth-order valence-corrected chi connectivity index (χ4v) is 2.49. The summed E-state index contributed by atoms with van der Waals surface area (Å²) in [5, 5.41) is 17.6. The second kappa shape index (κ2) is 7.45. The average molecular weight is 303 g/mol. The van der Waals surface area contributed by atoms with Crippen LogP contribution >= 0.6 is 11.3 Å². The minimum atomic E-state index is -0.0979. The predicted octanol–water partition coefficient (Wildman–Crippen LogP) is 1.70. The molecule has 2 rings (SSSR count). The maximum atomic E-state index is 11.9. The molecule has 7 heteroatoms. The van der Waals surface area contributed by atoms with E-state index in [4.69, 9.17) is 5.26 Å². The van der Waals surface area contributed by atoms with Crippen molar-refractivity contribution in [2.75, 3.05) is 20.1 Å². The second-order valence-corrected chi connectivity index (χ2v) is 5.62. The van der Waals surface area contributed by atoms with Crippen LogP contribution in [0.2, 0.25) is 0 Å². The van der Waals surface area contributed by atoms with Gasteiger partial charge in [-0.3, -0.25) is 4.68 Å². The highest BCUT2D eigenvalue weighted by atomic mass is 32.1. The second-order valence-electron chi connectivity index (χ2n) is 4.59. The summed E-state index contributed by atoms with van der Waals surface area (Å²) in [6, 6.07) is 6.00. The molecule has 0 fully saturated rings. The number of rotatable bonds is 6. The summed E-state index contributed by atoms with van der Waals surface area (Å²) in [6.45, 7) is 1.72. The van der Waals surface area contributed by atoms with E-state index in [1.54, 1.807) is 34.2 Å². The first-order chi connectivity index (χ1) is 10.2. The van der Waals surface area contributed by atoms with Gasteiger partial charge in [-0.2, -0.15) is 10.4 Å². The van der Waals surface area contributed by atoms with E-state index >= 15 is 0 Å². The first kappa shape index (κ1) is 15.1. The van der Waals surface area contributed by atoms with Gasteiger partial charge in [0.05, 0.1) is 18.3 Å². The predicted molar refractivity (Wildman–Crippen MR) is 81.0 cm³/mol. The molecule has 0 aliphatic heterocycles. The normalized spacial score (nSPS) is 10.1. The van der Waals surface area contributed by atoms with Crippen molar-refractivity contribution in [1.82, 2.24) is 20.0 Å². The molecule has 0 spiro atoms. The third kappa shape index (κ3) is 4.61. The molecule has 2 aromatic heterocycles. The van der Waals surface area contributed by atoms with Crippen molar-refractivity contribution in [3.05, 3.63) is 40.3 Å². The van der Waals surface area contributed by atoms with Gasteiger partial charge in [0.2, 0.25) is 0 Å². The van der Waals surface area contributed by atoms with Gasteiger partial charge in [0, 0.05) is 31.2 Å². The van der Waals surface area contributed by atoms with Crippen molar-refractivity contribution in [2.45, 2.75) is 13.0 Å². The van der Waals surface area contributed by atoms with Gasteiger partial charge in [-0.15, -0.1) is 11.3 Å². The lowest BCUT2D eigenvalue weighted by Crippen LogP contribution is -2.39. The average Bonchev–Trinajstić information content (AvgIpc) is 3.15. The van der Waals surface area contributed by atoms with E-state index in [0.717, 1.165) is 6.42 Å². The molecule has 2 amide bonds. The Labute approximate surface area is 127 Å². The Kier molecular flexibility index (Phi) is 5.35. The van der Waals surface area contributed by atoms with Crippen LogP contribution in [0.1, 0.15) is 10.4 Å². The maximum absolute atomic E-state index is 11.9. The van der Waals surface area contributed by atoms with Crippen molar-refractivity contribution in [2.24, 2.45) is 0 Å². The molecular weight excluding hydrogens is 286 g/mol. The lowest BCUT2D eigenvalue weighted by atomic mass is 10.3. The van der Waals surface area contributed by atoms with Crippen LogP contribution in [0.15, 0.2) is 29.9 Å². The number of urea groups is 1. The van der Waals surface area contributed by atoms with Crippen LogP contribution in [0.4, 0.5) is 4.79 Å². The number of carbonyl (C=O) groups excluding carboxylic acids is 1. The summed E-state index contributed by atoms with van der Waals surface area (Å²) in [6.07, 6.45) is 4.04. The summed E-state index contributed by atoms with van der Waals surface area (Å²) in [5.41, 5.74) is 0.523. The summed E-state index contributed by atoms with van der Waals surface area (Å²) in [7, 11) is 1.78. The number of carbonyl (C=O) groups is 1. The molecule has 0 aliphatic carbocycles. The van der Waals surface area contributed by atoms with Crippen LogP contribution in [0.5, 0.6) is 0 Å². The number of nitrogens with one attached hydrogen (secondary N) is 1. The molecule has 0 atom stereocenters. The Hall–Kier alpha value is -2.33. The Morgan fingerprint density at radius 3 is 3.14 bits per heavy atom. The van der Waals surface area contributed by atoms with Crippen LogP contribution in [0.3, 0.4) is 0 Å². The van der Waals surface area contributed by atoms with Gasteiger partial charge in [-0.05, 0) is 17.9 Å². The highest BCUT2D eigenvalue weighted by Gasteiger charge is 2.08. The molecule has 1 N–H and O–H groups in total. The van der Waals surface area contributed by atoms with Gasteiger partial charge in [0.15, 0.2) is 0 Å². The van der Waals surface area contributed by atoms with Gasteiger partial charge in [0.1, 0.15) is 6.07 Å². The molecule has 21 heavy (non-hydrogen) atoms. The molecule has 0 aromatic carbocycles. The van der Waals surface area contributed by atoms with E-state index in [1.807, 2.05) is 17.5 Å². The standard InChI is InChI=1S/C14H17N5OS/c1-18(6-4-13-3-2-8-21-13)14(20)16-5-7-19-11-12(9-15)10-17-19/h2-3,8,10-11H,4-7H2,1H3,(H,16,20). The molecule has 0 saturated heterocycles. The highest BCUT2D eigenvalue weighted by molar-refractivity contribution is 7.09. The van der Waals surface area contributed by atoms with Crippen LogP contribution in [0.25, 0.3) is 0 Å². The summed E-state index contributed by atoms with van der Waals surface area (Å²) in [5.74, 6) is 0. The number of nitrogens with zero attached hydrogens (tertiary/aromatic N) is 4. The zero-order valence-corrected chi connectivity index (χ0v) is 12.6. The zero-order chi connectivity index (χ0) is 15.1. The Balaban J connectivity index is 1.67. The van der Waals surface area contributed by atoms with E-state index in [1.165, 1.54) is 11.1 Å². The van der Waals surface area contributed by atoms with Gasteiger partial charge >= 0.3 is 6.03 Å². The van der Waals surface area contributed by atoms with Crippen molar-refractivity contribution in [3.63, 3.8) is 0 Å². The van der Waals surface area contributed by atoms with E-state index in [-0.39, 0.29) is 6.03 Å². The lowest BCUT2D eigenvalue weighted by Gasteiger charge is -2.17. The van der Waals surface area contributed by atoms with E-state index in [0.29, 0.717) is 25.2 Å². The Morgan fingerprint density at radius 2 is 2.48 bits per heavy atom. The number of nitriles is 1. The van der Waals surface area contributed by atoms with Crippen molar-refractivity contribution >= 4 is 17.4 Å². The quantitative estimate of drug-likeness (QED) is 0.882. The van der Waals surface area contributed by atoms with Crippen LogP contribution < -0.4 is 5.32 Å². The minimum Gasteiger partial charge on any atom is -0.336 e. The third-order valence-corrected chi connectivity index (χ3v) is 3.94. The zero-order valence-electron chi connectivity index (χ0n) is 11.8. The monoisotopic (exact) mass is 303 g/mol. The number of likely N-dealkylation sites (N-methyl/N-ethyl adjacent to an activating group) is 1. The largest absolute Gasteiger partial charge is 0.336 e. The molecule has 6 nitrogen and oxygen atoms in total. The maximum Gasteiger partial charge on any atom is 0.317 e. The van der Waals surface area contributed by atoms with Gasteiger partial charge in [0.25, 0.3) is 0 Å². The molecule has 2 aromatic rings. The van der Waals surface area contributed by atoms with Crippen molar-refractivity contribution in [3.8, 4) is 6.07 Å². The SMILES string of the molecule is CN(CCc1cccs1)C(=O)NCCn1cc(C#N)cn1. The van der Waals surface area contributed by atoms with E-state index in [9.17, 15) is 4.79 Å². The smallest absolute Gasteiger partial charge is 0.317 e. The van der Waals surface area contributed by atoms with Crippen LogP contribution in [-0.4, -0.2) is 40.8 Å². The lowest BCUT2D eigenvalue weighted by molar-refractivity contribution is 0.209. The minimum absolute atomic E-state index is 0.0979. The van der Waals surface area contributed by atoms with E-state index < -0.39 is 0 Å². The number of thiophene rings is 1. The topological polar surface area (TPSA) is 74.0 Å². The third-order valence-electron chi connectivity index (χ3n) is 3.00. The van der Waals surface area contributed by atoms with Crippen molar-refractivity contribution in [1.29, 1.82) is 5.26 Å². The van der Waals surface area contributed by atoms with Gasteiger partial charge in [-0.1, -0.05) is 6.07 Å². The molecule has 0 bridgehead atoms. The fourth-order valence-electron chi connectivity index (χ4n) is 1.79. The number of aromatic nitrogens is 2. The first-order valence-corrected chi connectivity index (χ1v) is 7.51. The number of hydrogen-bond donors (Lipinski definition) is 1.